The van der Waals surface area contributed by atoms with Crippen molar-refractivity contribution in [3.63, 3.8) is 0 Å². The third-order valence-corrected chi connectivity index (χ3v) is 4.51. The summed E-state index contributed by atoms with van der Waals surface area (Å²) in [7, 11) is 0. The molecule has 2 aromatic rings. The Kier molecular flexibility index (Phi) is 5.48. The number of benzene rings is 2. The van der Waals surface area contributed by atoms with Crippen molar-refractivity contribution in [1.29, 1.82) is 0 Å². The second kappa shape index (κ2) is 7.82. The summed E-state index contributed by atoms with van der Waals surface area (Å²) in [5.41, 5.74) is 4.05. The Hall–Kier alpha value is -2.83. The lowest BCUT2D eigenvalue weighted by atomic mass is 9.84. The van der Waals surface area contributed by atoms with Crippen LogP contribution in [0.5, 0.6) is 0 Å². The normalized spacial score (nSPS) is 16.4. The molecule has 138 valence electrons. The quantitative estimate of drug-likeness (QED) is 0.718. The average Bonchev–Trinajstić information content (AvgIpc) is 2.61. The molecule has 0 aliphatic carbocycles. The van der Waals surface area contributed by atoms with Gasteiger partial charge in [-0.3, -0.25) is 10.2 Å². The van der Waals surface area contributed by atoms with E-state index in [1.807, 2.05) is 0 Å². The Labute approximate surface area is 165 Å². The van der Waals surface area contributed by atoms with E-state index in [1.54, 1.807) is 55.5 Å². The van der Waals surface area contributed by atoms with Crippen molar-refractivity contribution in [1.82, 2.24) is 5.43 Å². The van der Waals surface area contributed by atoms with Gasteiger partial charge in [0.25, 0.3) is 5.91 Å². The molecule has 0 saturated heterocycles. The minimum absolute atomic E-state index is 0.0141. The van der Waals surface area contributed by atoms with Crippen molar-refractivity contribution < 1.29 is 14.7 Å². The molecule has 27 heavy (non-hydrogen) atoms. The smallest absolute Gasteiger partial charge is 0.334 e. The van der Waals surface area contributed by atoms with Crippen LogP contribution in [0.4, 0.5) is 5.69 Å². The molecule has 0 radical (unpaired) electrons. The van der Waals surface area contributed by atoms with E-state index in [1.165, 1.54) is 0 Å². The molecule has 1 aliphatic heterocycles. The molecule has 0 fully saturated rings. The number of amides is 1. The van der Waals surface area contributed by atoms with Gasteiger partial charge < -0.3 is 10.4 Å². The SMILES string of the molecule is CC1=C(C(=O)O)C(c2cccc(Cl)c2)C(C(=O)Nc2cccc(Cl)c2)=NN1. The fourth-order valence-corrected chi connectivity index (χ4v) is 3.25. The van der Waals surface area contributed by atoms with Crippen LogP contribution < -0.4 is 10.7 Å². The van der Waals surface area contributed by atoms with Gasteiger partial charge >= 0.3 is 5.97 Å². The maximum atomic E-state index is 12.8. The summed E-state index contributed by atoms with van der Waals surface area (Å²) in [4.78, 5) is 24.7. The molecule has 0 bridgehead atoms. The lowest BCUT2D eigenvalue weighted by molar-refractivity contribution is -0.132. The van der Waals surface area contributed by atoms with Gasteiger partial charge in [-0.25, -0.2) is 4.79 Å². The van der Waals surface area contributed by atoms with Gasteiger partial charge in [-0.2, -0.15) is 5.10 Å². The maximum Gasteiger partial charge on any atom is 0.334 e. The van der Waals surface area contributed by atoms with Crippen LogP contribution in [0.3, 0.4) is 0 Å². The number of anilines is 1. The standard InChI is InChI=1S/C19H15Cl2N3O3/c1-10-15(19(26)27)16(11-4-2-5-12(20)8-11)17(24-23-10)18(25)22-14-7-3-6-13(21)9-14/h2-9,16,23H,1H3,(H,22,25)(H,26,27). The van der Waals surface area contributed by atoms with E-state index in [-0.39, 0.29) is 11.3 Å². The summed E-state index contributed by atoms with van der Waals surface area (Å²) in [6.07, 6.45) is 0. The zero-order valence-corrected chi connectivity index (χ0v) is 15.7. The maximum absolute atomic E-state index is 12.8. The number of carboxylic acid groups (broad SMARTS) is 1. The highest BCUT2D eigenvalue weighted by molar-refractivity contribution is 6.46. The van der Waals surface area contributed by atoms with Gasteiger partial charge in [-0.1, -0.05) is 41.4 Å². The minimum Gasteiger partial charge on any atom is -0.478 e. The first-order valence-electron chi connectivity index (χ1n) is 7.97. The lowest BCUT2D eigenvalue weighted by Gasteiger charge is -2.26. The van der Waals surface area contributed by atoms with E-state index in [4.69, 9.17) is 23.2 Å². The number of hydrazone groups is 1. The Morgan fingerprint density at radius 2 is 1.78 bits per heavy atom. The van der Waals surface area contributed by atoms with Crippen LogP contribution in [-0.2, 0) is 9.59 Å². The van der Waals surface area contributed by atoms with Crippen molar-refractivity contribution in [3.05, 3.63) is 75.4 Å². The van der Waals surface area contributed by atoms with Gasteiger partial charge in [0, 0.05) is 21.4 Å². The van der Waals surface area contributed by atoms with Crippen molar-refractivity contribution in [3.8, 4) is 0 Å². The average molecular weight is 404 g/mol. The molecule has 3 N–H and O–H groups in total. The highest BCUT2D eigenvalue weighted by atomic mass is 35.5. The van der Waals surface area contributed by atoms with Crippen LogP contribution in [0.25, 0.3) is 0 Å². The summed E-state index contributed by atoms with van der Waals surface area (Å²) in [6.45, 7) is 1.59. The molecule has 8 heteroatoms. The van der Waals surface area contributed by atoms with Crippen LogP contribution in [0, 0.1) is 0 Å². The highest BCUT2D eigenvalue weighted by Crippen LogP contribution is 2.32. The number of nitrogens with zero attached hydrogens (tertiary/aromatic N) is 1. The van der Waals surface area contributed by atoms with Crippen LogP contribution >= 0.6 is 23.2 Å². The third-order valence-electron chi connectivity index (χ3n) is 4.04. The van der Waals surface area contributed by atoms with Crippen molar-refractivity contribution >= 4 is 46.5 Å². The molecule has 1 atom stereocenters. The number of carboxylic acids is 1. The first-order chi connectivity index (χ1) is 12.9. The molecule has 6 nitrogen and oxygen atoms in total. The molecule has 0 spiro atoms. The molecule has 1 amide bonds. The predicted molar refractivity (Wildman–Crippen MR) is 105 cm³/mol. The Morgan fingerprint density at radius 3 is 2.41 bits per heavy atom. The van der Waals surface area contributed by atoms with Crippen molar-refractivity contribution in [2.45, 2.75) is 12.8 Å². The number of rotatable bonds is 4. The second-order valence-electron chi connectivity index (χ2n) is 5.91. The fourth-order valence-electron chi connectivity index (χ4n) is 2.86. The molecular formula is C19H15Cl2N3O3. The van der Waals surface area contributed by atoms with Gasteiger partial charge in [-0.05, 0) is 42.8 Å². The zero-order valence-electron chi connectivity index (χ0n) is 14.2. The zero-order chi connectivity index (χ0) is 19.6. The number of aliphatic carboxylic acids is 1. The molecule has 1 heterocycles. The number of nitrogens with one attached hydrogen (secondary N) is 2. The van der Waals surface area contributed by atoms with Crippen LogP contribution in [0.2, 0.25) is 10.0 Å². The molecule has 0 saturated carbocycles. The monoisotopic (exact) mass is 403 g/mol. The van der Waals surface area contributed by atoms with E-state index in [0.717, 1.165) is 0 Å². The number of halogens is 2. The van der Waals surface area contributed by atoms with Gasteiger partial charge in [-0.15, -0.1) is 0 Å². The number of hydrogen-bond acceptors (Lipinski definition) is 4. The van der Waals surface area contributed by atoms with Crippen LogP contribution in [0.1, 0.15) is 18.4 Å². The first-order valence-corrected chi connectivity index (χ1v) is 8.72. The number of hydrogen-bond donors (Lipinski definition) is 3. The van der Waals surface area contributed by atoms with E-state index in [0.29, 0.717) is 27.0 Å². The van der Waals surface area contributed by atoms with Gasteiger partial charge in [0.2, 0.25) is 0 Å². The predicted octanol–water partition coefficient (Wildman–Crippen LogP) is 4.03. The number of allylic oxidation sites excluding steroid dienone is 1. The third kappa shape index (κ3) is 4.13. The van der Waals surface area contributed by atoms with Gasteiger partial charge in [0.1, 0.15) is 5.71 Å². The summed E-state index contributed by atoms with van der Waals surface area (Å²) in [6, 6.07) is 13.3. The van der Waals surface area contributed by atoms with E-state index in [9.17, 15) is 14.7 Å². The van der Waals surface area contributed by atoms with Gasteiger partial charge in [0.05, 0.1) is 11.5 Å². The molecule has 2 aromatic carbocycles. The van der Waals surface area contributed by atoms with Crippen LogP contribution in [0.15, 0.2) is 64.9 Å². The largest absolute Gasteiger partial charge is 0.478 e. The molecule has 3 rings (SSSR count). The summed E-state index contributed by atoms with van der Waals surface area (Å²) in [5.74, 6) is -2.56. The number of carbonyl (C=O) groups is 2. The van der Waals surface area contributed by atoms with E-state index in [2.05, 4.69) is 15.8 Å². The van der Waals surface area contributed by atoms with E-state index >= 15 is 0 Å². The van der Waals surface area contributed by atoms with Crippen LogP contribution in [-0.4, -0.2) is 22.7 Å². The van der Waals surface area contributed by atoms with E-state index < -0.39 is 17.8 Å². The highest BCUT2D eigenvalue weighted by Gasteiger charge is 2.36. The molecule has 1 aliphatic rings. The topological polar surface area (TPSA) is 90.8 Å². The molecular weight excluding hydrogens is 389 g/mol. The summed E-state index contributed by atoms with van der Waals surface area (Å²) < 4.78 is 0. The lowest BCUT2D eigenvalue weighted by Crippen LogP contribution is -2.37. The summed E-state index contributed by atoms with van der Waals surface area (Å²) in [5, 5.41) is 17.4. The Morgan fingerprint density at radius 1 is 1.11 bits per heavy atom. The molecule has 1 unspecified atom stereocenters. The van der Waals surface area contributed by atoms with Gasteiger partial charge in [0.15, 0.2) is 0 Å². The molecule has 0 aromatic heterocycles. The summed E-state index contributed by atoms with van der Waals surface area (Å²) >= 11 is 12.0. The fraction of sp³-hybridized carbons (Fsp3) is 0.105. The Bertz CT molecular complexity index is 986. The van der Waals surface area contributed by atoms with Crippen molar-refractivity contribution in [2.75, 3.05) is 5.32 Å². The second-order valence-corrected chi connectivity index (χ2v) is 6.78. The van der Waals surface area contributed by atoms with Crippen molar-refractivity contribution in [2.24, 2.45) is 5.10 Å². The Balaban J connectivity index is 2.02. The minimum atomic E-state index is -1.15. The number of carbonyl (C=O) groups excluding carboxylic acids is 1. The first kappa shape index (κ1) is 18.9.